The van der Waals surface area contributed by atoms with Crippen molar-refractivity contribution in [2.75, 3.05) is 31.2 Å². The lowest BCUT2D eigenvalue weighted by Gasteiger charge is -2.35. The number of likely N-dealkylation sites (tertiary alicyclic amines) is 1. The Labute approximate surface area is 190 Å². The Morgan fingerprint density at radius 3 is 2.48 bits per heavy atom. The number of alkyl halides is 3. The van der Waals surface area contributed by atoms with E-state index in [-0.39, 0.29) is 12.5 Å². The monoisotopic (exact) mass is 455 g/mol. The van der Waals surface area contributed by atoms with E-state index in [4.69, 9.17) is 4.99 Å². The van der Waals surface area contributed by atoms with Gasteiger partial charge in [0.05, 0.1) is 23.6 Å². The number of hydrogen-bond donors (Lipinski definition) is 0. The van der Waals surface area contributed by atoms with Crippen LogP contribution in [0, 0.1) is 0 Å². The number of halogens is 3. The first-order chi connectivity index (χ1) is 15.8. The van der Waals surface area contributed by atoms with Crippen molar-refractivity contribution in [2.24, 2.45) is 10.1 Å². The van der Waals surface area contributed by atoms with Crippen LogP contribution in [0.5, 0.6) is 0 Å². The number of amidine groups is 1. The number of aliphatic imine (C=N–C) groups is 1. The number of anilines is 1. The zero-order valence-corrected chi connectivity index (χ0v) is 18.2. The SMILES string of the molecule is CC1N=C(c2ccccc2)c2cc(C(F)(F)F)ccc2N2CC(=O)N(CN3CCCC3)N=C12. The van der Waals surface area contributed by atoms with E-state index in [0.29, 0.717) is 35.0 Å². The van der Waals surface area contributed by atoms with Crippen LogP contribution in [-0.4, -0.2) is 59.7 Å². The molecule has 1 saturated heterocycles. The van der Waals surface area contributed by atoms with E-state index < -0.39 is 17.8 Å². The second-order valence-corrected chi connectivity index (χ2v) is 8.55. The lowest BCUT2D eigenvalue weighted by atomic mass is 9.97. The van der Waals surface area contributed by atoms with Gasteiger partial charge in [-0.2, -0.15) is 18.3 Å². The van der Waals surface area contributed by atoms with Gasteiger partial charge in [0.1, 0.15) is 12.6 Å². The average molecular weight is 455 g/mol. The summed E-state index contributed by atoms with van der Waals surface area (Å²) in [4.78, 5) is 21.7. The molecule has 0 bridgehead atoms. The topological polar surface area (TPSA) is 51.5 Å². The van der Waals surface area contributed by atoms with Gasteiger partial charge in [0, 0.05) is 11.1 Å². The van der Waals surface area contributed by atoms with Crippen LogP contribution < -0.4 is 4.90 Å². The van der Waals surface area contributed by atoms with Gasteiger partial charge in [-0.1, -0.05) is 30.3 Å². The third kappa shape index (κ3) is 4.13. The molecule has 1 unspecified atom stereocenters. The Balaban J connectivity index is 1.63. The number of fused-ring (bicyclic) bond motifs is 3. The van der Waals surface area contributed by atoms with Gasteiger partial charge in [0.15, 0.2) is 5.84 Å². The van der Waals surface area contributed by atoms with Crippen molar-refractivity contribution in [3.63, 3.8) is 0 Å². The fourth-order valence-electron chi connectivity index (χ4n) is 4.56. The van der Waals surface area contributed by atoms with Crippen LogP contribution in [0.2, 0.25) is 0 Å². The summed E-state index contributed by atoms with van der Waals surface area (Å²) >= 11 is 0. The van der Waals surface area contributed by atoms with Crippen molar-refractivity contribution in [1.29, 1.82) is 0 Å². The number of carbonyl (C=O) groups is 1. The number of amides is 1. The highest BCUT2D eigenvalue weighted by Crippen LogP contribution is 2.36. The van der Waals surface area contributed by atoms with Crippen molar-refractivity contribution in [3.05, 3.63) is 65.2 Å². The molecule has 172 valence electrons. The summed E-state index contributed by atoms with van der Waals surface area (Å²) in [6.07, 6.45) is -2.29. The van der Waals surface area contributed by atoms with E-state index in [0.717, 1.165) is 38.1 Å². The molecule has 5 rings (SSSR count). The van der Waals surface area contributed by atoms with Crippen LogP contribution in [0.3, 0.4) is 0 Å². The van der Waals surface area contributed by atoms with Crippen molar-refractivity contribution in [3.8, 4) is 0 Å². The molecule has 2 aromatic carbocycles. The van der Waals surface area contributed by atoms with E-state index in [9.17, 15) is 18.0 Å². The Morgan fingerprint density at radius 1 is 1.06 bits per heavy atom. The molecule has 3 heterocycles. The maximum Gasteiger partial charge on any atom is 0.416 e. The van der Waals surface area contributed by atoms with Crippen LogP contribution in [0.25, 0.3) is 0 Å². The number of carbonyl (C=O) groups excluding carboxylic acids is 1. The first kappa shape index (κ1) is 21.6. The number of rotatable bonds is 3. The predicted molar refractivity (Wildman–Crippen MR) is 120 cm³/mol. The Bertz CT molecular complexity index is 1120. The first-order valence-electron chi connectivity index (χ1n) is 11.0. The number of hydrogen-bond acceptors (Lipinski definition) is 5. The molecule has 0 aromatic heterocycles. The number of nitrogens with zero attached hydrogens (tertiary/aromatic N) is 5. The van der Waals surface area contributed by atoms with E-state index in [1.54, 1.807) is 4.90 Å². The number of hydrazone groups is 1. The molecule has 3 aliphatic heterocycles. The smallest absolute Gasteiger partial charge is 0.316 e. The van der Waals surface area contributed by atoms with Crippen LogP contribution >= 0.6 is 0 Å². The Kier molecular flexibility index (Phi) is 5.44. The normalized spacial score (nSPS) is 21.3. The van der Waals surface area contributed by atoms with Crippen molar-refractivity contribution in [2.45, 2.75) is 32.0 Å². The van der Waals surface area contributed by atoms with Crippen LogP contribution in [0.4, 0.5) is 18.9 Å². The van der Waals surface area contributed by atoms with Crippen molar-refractivity contribution < 1.29 is 18.0 Å². The first-order valence-corrected chi connectivity index (χ1v) is 11.0. The molecule has 3 aliphatic rings. The summed E-state index contributed by atoms with van der Waals surface area (Å²) in [5, 5.41) is 6.12. The quantitative estimate of drug-likeness (QED) is 0.704. The molecule has 0 aliphatic carbocycles. The molecule has 1 atom stereocenters. The molecular formula is C24H24F3N5O. The fourth-order valence-corrected chi connectivity index (χ4v) is 4.56. The molecule has 0 spiro atoms. The van der Waals surface area contributed by atoms with Gasteiger partial charge >= 0.3 is 6.18 Å². The van der Waals surface area contributed by atoms with E-state index in [1.165, 1.54) is 11.1 Å². The predicted octanol–water partition coefficient (Wildman–Crippen LogP) is 3.96. The van der Waals surface area contributed by atoms with E-state index in [1.807, 2.05) is 37.3 Å². The maximum absolute atomic E-state index is 13.6. The molecule has 1 fully saturated rings. The molecule has 0 saturated carbocycles. The van der Waals surface area contributed by atoms with E-state index in [2.05, 4.69) is 10.0 Å². The standard InChI is InChI=1S/C24H24F3N5O/c1-16-23-29-32(15-30-11-5-6-12-30)21(33)14-31(23)20-10-9-18(24(25,26)27)13-19(20)22(28-16)17-7-3-2-4-8-17/h2-4,7-10,13,16H,5-6,11-12,14-15H2,1H3. The van der Waals surface area contributed by atoms with Crippen LogP contribution in [0.1, 0.15) is 36.5 Å². The van der Waals surface area contributed by atoms with Gasteiger partial charge in [-0.25, -0.2) is 5.01 Å². The average Bonchev–Trinajstić information content (AvgIpc) is 3.27. The highest BCUT2D eigenvalue weighted by molar-refractivity contribution is 6.22. The number of benzene rings is 2. The van der Waals surface area contributed by atoms with Crippen molar-refractivity contribution in [1.82, 2.24) is 9.91 Å². The highest BCUT2D eigenvalue weighted by Gasteiger charge is 2.38. The third-order valence-corrected chi connectivity index (χ3v) is 6.23. The summed E-state index contributed by atoms with van der Waals surface area (Å²) in [6.45, 7) is 4.13. The minimum atomic E-state index is -4.49. The van der Waals surface area contributed by atoms with Gasteiger partial charge in [0.2, 0.25) is 0 Å². The largest absolute Gasteiger partial charge is 0.416 e. The summed E-state index contributed by atoms with van der Waals surface area (Å²) in [6, 6.07) is 12.3. The van der Waals surface area contributed by atoms with Gasteiger partial charge in [-0.05, 0) is 51.1 Å². The minimum Gasteiger partial charge on any atom is -0.316 e. The molecule has 1 amide bonds. The minimum absolute atomic E-state index is 0.00691. The van der Waals surface area contributed by atoms with Gasteiger partial charge in [-0.15, -0.1) is 0 Å². The molecule has 33 heavy (non-hydrogen) atoms. The van der Waals surface area contributed by atoms with Crippen molar-refractivity contribution >= 4 is 23.1 Å². The lowest BCUT2D eigenvalue weighted by Crippen LogP contribution is -2.52. The van der Waals surface area contributed by atoms with Crippen LogP contribution in [-0.2, 0) is 11.0 Å². The summed E-state index contributed by atoms with van der Waals surface area (Å²) in [5.74, 6) is 0.368. The van der Waals surface area contributed by atoms with Gasteiger partial charge in [-0.3, -0.25) is 14.7 Å². The molecule has 0 N–H and O–H groups in total. The van der Waals surface area contributed by atoms with Crippen LogP contribution in [0.15, 0.2) is 58.6 Å². The fraction of sp³-hybridized carbons (Fsp3) is 0.375. The zero-order chi connectivity index (χ0) is 23.2. The molecule has 2 aromatic rings. The molecule has 0 radical (unpaired) electrons. The Hall–Kier alpha value is -3.20. The zero-order valence-electron chi connectivity index (χ0n) is 18.2. The van der Waals surface area contributed by atoms with Gasteiger partial charge < -0.3 is 4.90 Å². The Morgan fingerprint density at radius 2 is 1.79 bits per heavy atom. The summed E-state index contributed by atoms with van der Waals surface area (Å²) in [5.41, 5.74) is 1.26. The second-order valence-electron chi connectivity index (χ2n) is 8.55. The summed E-state index contributed by atoms with van der Waals surface area (Å²) < 4.78 is 40.7. The van der Waals surface area contributed by atoms with Gasteiger partial charge in [0.25, 0.3) is 5.91 Å². The summed E-state index contributed by atoms with van der Waals surface area (Å²) in [7, 11) is 0. The maximum atomic E-state index is 13.6. The third-order valence-electron chi connectivity index (χ3n) is 6.23. The molecular weight excluding hydrogens is 431 g/mol. The van der Waals surface area contributed by atoms with E-state index >= 15 is 0 Å². The lowest BCUT2D eigenvalue weighted by molar-refractivity contribution is -0.137. The highest BCUT2D eigenvalue weighted by atomic mass is 19.4. The second kappa shape index (κ2) is 8.30. The molecule has 6 nitrogen and oxygen atoms in total. The molecule has 9 heteroatoms.